The maximum atomic E-state index is 11.1. The lowest BCUT2D eigenvalue weighted by Gasteiger charge is -2.35. The van der Waals surface area contributed by atoms with Gasteiger partial charge in [0.1, 0.15) is 0 Å². The van der Waals surface area contributed by atoms with Crippen LogP contribution in [-0.4, -0.2) is 11.9 Å². The van der Waals surface area contributed by atoms with Crippen molar-refractivity contribution in [3.8, 4) is 0 Å². The molecular weight excluding hydrogens is 196 g/mol. The third-order valence-corrected chi connectivity index (χ3v) is 2.70. The molecule has 0 aliphatic rings. The summed E-state index contributed by atoms with van der Waals surface area (Å²) in [5.74, 6) is -2.33. The van der Waals surface area contributed by atoms with E-state index in [-0.39, 0.29) is 12.8 Å². The summed E-state index contributed by atoms with van der Waals surface area (Å²) >= 11 is 0. The van der Waals surface area contributed by atoms with Gasteiger partial charge in [-0.25, -0.2) is 0 Å². The molecule has 0 aliphatic carbocycles. The average molecular weight is 214 g/mol. The van der Waals surface area contributed by atoms with Crippen LogP contribution in [0.15, 0.2) is 0 Å². The molecule has 0 unspecified atom stereocenters. The van der Waals surface area contributed by atoms with Crippen LogP contribution in [0.25, 0.3) is 0 Å². The van der Waals surface area contributed by atoms with Crippen LogP contribution in [0.2, 0.25) is 0 Å². The highest BCUT2D eigenvalue weighted by atomic mass is 16.4. The Hall–Kier alpha value is -1.06. The van der Waals surface area contributed by atoms with E-state index in [4.69, 9.17) is 0 Å². The molecule has 0 aromatic rings. The average Bonchev–Trinajstić information content (AvgIpc) is 2.14. The largest absolute Gasteiger partial charge is 0.550 e. The Morgan fingerprint density at radius 1 is 1.00 bits per heavy atom. The van der Waals surface area contributed by atoms with E-state index in [1.807, 2.05) is 13.8 Å². The molecule has 0 N–H and O–H groups in total. The molecule has 4 heteroatoms. The highest BCUT2D eigenvalue weighted by Crippen LogP contribution is 2.34. The number of carbonyl (C=O) groups excluding carboxylic acids is 2. The maximum Gasteiger partial charge on any atom is 0.0476 e. The van der Waals surface area contributed by atoms with E-state index in [2.05, 4.69) is 0 Å². The van der Waals surface area contributed by atoms with Crippen molar-refractivity contribution in [1.29, 1.82) is 0 Å². The summed E-state index contributed by atoms with van der Waals surface area (Å²) in [6.45, 7) is 3.76. The van der Waals surface area contributed by atoms with Gasteiger partial charge in [0, 0.05) is 17.4 Å². The van der Waals surface area contributed by atoms with Gasteiger partial charge in [-0.1, -0.05) is 26.7 Å². The number of carboxylic acid groups (broad SMARTS) is 2. The fourth-order valence-corrected chi connectivity index (χ4v) is 1.98. The molecule has 88 valence electrons. The SMILES string of the molecule is CCCC(CCC)(CCC(=O)[O-])C(=O)[O-]. The number of rotatable bonds is 8. The summed E-state index contributed by atoms with van der Waals surface area (Å²) in [5, 5.41) is 21.4. The third kappa shape index (κ3) is 4.32. The van der Waals surface area contributed by atoms with E-state index >= 15 is 0 Å². The number of carbonyl (C=O) groups is 2. The van der Waals surface area contributed by atoms with Gasteiger partial charge in [0.15, 0.2) is 0 Å². The van der Waals surface area contributed by atoms with Gasteiger partial charge in [-0.05, 0) is 25.7 Å². The van der Waals surface area contributed by atoms with Gasteiger partial charge in [0.2, 0.25) is 0 Å². The minimum absolute atomic E-state index is 0.110. The second kappa shape index (κ2) is 6.43. The minimum atomic E-state index is -1.20. The zero-order valence-electron chi connectivity index (χ0n) is 9.38. The zero-order chi connectivity index (χ0) is 11.9. The molecule has 0 saturated carbocycles. The lowest BCUT2D eigenvalue weighted by atomic mass is 9.75. The predicted octanol–water partition coefficient (Wildman–Crippen LogP) is -0.147. The molecule has 0 bridgehead atoms. The molecule has 0 atom stereocenters. The van der Waals surface area contributed by atoms with Crippen molar-refractivity contribution in [3.63, 3.8) is 0 Å². The smallest absolute Gasteiger partial charge is 0.0476 e. The quantitative estimate of drug-likeness (QED) is 0.563. The first-order valence-corrected chi connectivity index (χ1v) is 5.39. The zero-order valence-corrected chi connectivity index (χ0v) is 9.38. The van der Waals surface area contributed by atoms with Crippen molar-refractivity contribution in [2.24, 2.45) is 5.41 Å². The van der Waals surface area contributed by atoms with E-state index in [1.165, 1.54) is 0 Å². The van der Waals surface area contributed by atoms with Gasteiger partial charge in [-0.15, -0.1) is 0 Å². The summed E-state index contributed by atoms with van der Waals surface area (Å²) in [6, 6.07) is 0. The molecule has 0 heterocycles. The first kappa shape index (κ1) is 13.9. The predicted molar refractivity (Wildman–Crippen MR) is 51.5 cm³/mol. The summed E-state index contributed by atoms with van der Waals surface area (Å²) in [7, 11) is 0. The molecule has 0 saturated heterocycles. The van der Waals surface area contributed by atoms with Crippen LogP contribution in [0, 0.1) is 5.41 Å². The van der Waals surface area contributed by atoms with Gasteiger partial charge in [0.25, 0.3) is 0 Å². The Morgan fingerprint density at radius 3 is 1.73 bits per heavy atom. The van der Waals surface area contributed by atoms with Crippen molar-refractivity contribution >= 4 is 11.9 Å². The Bertz CT molecular complexity index is 217. The van der Waals surface area contributed by atoms with Crippen molar-refractivity contribution in [2.75, 3.05) is 0 Å². The first-order valence-electron chi connectivity index (χ1n) is 5.39. The van der Waals surface area contributed by atoms with Crippen LogP contribution in [0.1, 0.15) is 52.4 Å². The first-order chi connectivity index (χ1) is 6.98. The van der Waals surface area contributed by atoms with Crippen molar-refractivity contribution in [1.82, 2.24) is 0 Å². The maximum absolute atomic E-state index is 11.1. The van der Waals surface area contributed by atoms with E-state index in [1.54, 1.807) is 0 Å². The van der Waals surface area contributed by atoms with Crippen LogP contribution in [0.5, 0.6) is 0 Å². The second-order valence-electron chi connectivity index (χ2n) is 3.94. The van der Waals surface area contributed by atoms with E-state index < -0.39 is 17.4 Å². The molecule has 15 heavy (non-hydrogen) atoms. The number of aliphatic carboxylic acids is 2. The molecule has 0 aliphatic heterocycles. The molecule has 0 spiro atoms. The molecule has 0 amide bonds. The number of hydrogen-bond acceptors (Lipinski definition) is 4. The van der Waals surface area contributed by atoms with E-state index in [0.717, 1.165) is 0 Å². The highest BCUT2D eigenvalue weighted by molar-refractivity contribution is 5.73. The van der Waals surface area contributed by atoms with E-state index in [9.17, 15) is 19.8 Å². The number of hydrogen-bond donors (Lipinski definition) is 0. The summed E-state index contributed by atoms with van der Waals surface area (Å²) in [5.41, 5.74) is -0.983. The molecule has 0 radical (unpaired) electrons. The van der Waals surface area contributed by atoms with Crippen molar-refractivity contribution in [2.45, 2.75) is 52.4 Å². The van der Waals surface area contributed by atoms with Crippen LogP contribution >= 0.6 is 0 Å². The third-order valence-electron chi connectivity index (χ3n) is 2.70. The standard InChI is InChI=1S/C11H20O4/c1-3-6-11(7-4-2,10(14)15)8-5-9(12)13/h3-8H2,1-2H3,(H,12,13)(H,14,15)/p-2. The van der Waals surface area contributed by atoms with Crippen molar-refractivity contribution < 1.29 is 19.8 Å². The fraction of sp³-hybridized carbons (Fsp3) is 0.818. The molecule has 0 rings (SSSR count). The Morgan fingerprint density at radius 2 is 1.47 bits per heavy atom. The second-order valence-corrected chi connectivity index (χ2v) is 3.94. The molecule has 0 fully saturated rings. The van der Waals surface area contributed by atoms with Crippen LogP contribution < -0.4 is 10.2 Å². The molecule has 0 aromatic heterocycles. The molecule has 0 aromatic carbocycles. The van der Waals surface area contributed by atoms with Gasteiger partial charge in [-0.3, -0.25) is 0 Å². The molecular formula is C11H18O4-2. The van der Waals surface area contributed by atoms with E-state index in [0.29, 0.717) is 25.7 Å². The van der Waals surface area contributed by atoms with Crippen LogP contribution in [0.4, 0.5) is 0 Å². The Balaban J connectivity index is 4.61. The lowest BCUT2D eigenvalue weighted by molar-refractivity contribution is -0.321. The van der Waals surface area contributed by atoms with Gasteiger partial charge >= 0.3 is 0 Å². The molecule has 4 nitrogen and oxygen atoms in total. The van der Waals surface area contributed by atoms with Crippen LogP contribution in [-0.2, 0) is 9.59 Å². The summed E-state index contributed by atoms with van der Waals surface area (Å²) in [4.78, 5) is 21.4. The van der Waals surface area contributed by atoms with Crippen LogP contribution in [0.3, 0.4) is 0 Å². The Kier molecular flexibility index (Phi) is 5.97. The summed E-state index contributed by atoms with van der Waals surface area (Å²) in [6.07, 6.45) is 2.25. The van der Waals surface area contributed by atoms with Crippen molar-refractivity contribution in [3.05, 3.63) is 0 Å². The van der Waals surface area contributed by atoms with Gasteiger partial charge in [0.05, 0.1) is 0 Å². The Labute approximate surface area is 90.3 Å². The monoisotopic (exact) mass is 214 g/mol. The highest BCUT2D eigenvalue weighted by Gasteiger charge is 2.29. The number of carboxylic acids is 2. The minimum Gasteiger partial charge on any atom is -0.550 e. The van der Waals surface area contributed by atoms with Gasteiger partial charge < -0.3 is 19.8 Å². The topological polar surface area (TPSA) is 80.3 Å². The fourth-order valence-electron chi connectivity index (χ4n) is 1.98. The van der Waals surface area contributed by atoms with Gasteiger partial charge in [-0.2, -0.15) is 0 Å². The summed E-state index contributed by atoms with van der Waals surface area (Å²) < 4.78 is 0. The lowest BCUT2D eigenvalue weighted by Crippen LogP contribution is -2.43. The normalized spacial score (nSPS) is 11.3.